The van der Waals surface area contributed by atoms with E-state index in [9.17, 15) is 32.3 Å². The van der Waals surface area contributed by atoms with Gasteiger partial charge in [-0.25, -0.2) is 19.0 Å². The van der Waals surface area contributed by atoms with E-state index in [0.717, 1.165) is 17.7 Å². The molecule has 0 aliphatic heterocycles. The van der Waals surface area contributed by atoms with Gasteiger partial charge in [-0.1, -0.05) is 55.8 Å². The van der Waals surface area contributed by atoms with E-state index < -0.39 is 53.0 Å². The summed E-state index contributed by atoms with van der Waals surface area (Å²) in [7, 11) is 0. The van der Waals surface area contributed by atoms with Gasteiger partial charge in [-0.3, -0.25) is 0 Å². The molecule has 3 N–H and O–H groups in total. The van der Waals surface area contributed by atoms with Crippen LogP contribution in [0.1, 0.15) is 51.4 Å². The second-order valence-corrected chi connectivity index (χ2v) is 12.2. The number of ether oxygens (including phenoxy) is 2. The maximum Gasteiger partial charge on any atom is 0.424 e. The Kier molecular flexibility index (Phi) is 10.5. The SMILES string of the molecule is CC(C)(C)OC(=O)NCC(O)(c1cc(C(C)(C)CNC(=O)OCc2ccccc2)cc(-c2ccc(F)c(Cl)c2)n1)C(F)(F)F. The van der Waals surface area contributed by atoms with Crippen LogP contribution in [-0.2, 0) is 27.1 Å². The molecule has 0 fully saturated rings. The molecule has 0 aliphatic carbocycles. The summed E-state index contributed by atoms with van der Waals surface area (Å²) in [4.78, 5) is 28.7. The van der Waals surface area contributed by atoms with Gasteiger partial charge in [-0.15, -0.1) is 0 Å². The average Bonchev–Trinajstić information content (AvgIpc) is 2.94. The van der Waals surface area contributed by atoms with E-state index >= 15 is 0 Å². The fraction of sp³-hybridized carbons (Fsp3) is 0.387. The van der Waals surface area contributed by atoms with E-state index in [0.29, 0.717) is 0 Å². The van der Waals surface area contributed by atoms with E-state index in [1.54, 1.807) is 38.1 Å². The number of amides is 2. The van der Waals surface area contributed by atoms with Crippen LogP contribution in [0, 0.1) is 5.82 Å². The Labute approximate surface area is 257 Å². The summed E-state index contributed by atoms with van der Waals surface area (Å²) in [5.41, 5.74) is -5.50. The number of hydrogen-bond donors (Lipinski definition) is 3. The average molecular weight is 640 g/mol. The molecule has 0 radical (unpaired) electrons. The first-order chi connectivity index (χ1) is 20.3. The van der Waals surface area contributed by atoms with Crippen LogP contribution in [0.25, 0.3) is 11.3 Å². The monoisotopic (exact) mass is 639 g/mol. The number of nitrogens with one attached hydrogen (secondary N) is 2. The molecule has 0 spiro atoms. The molecular weight excluding hydrogens is 606 g/mol. The number of alkyl carbamates (subject to hydrolysis) is 2. The molecule has 3 aromatic rings. The number of halogens is 5. The fourth-order valence-corrected chi connectivity index (χ4v) is 4.14. The molecule has 1 atom stereocenters. The van der Waals surface area contributed by atoms with Crippen LogP contribution in [0.3, 0.4) is 0 Å². The first-order valence-corrected chi connectivity index (χ1v) is 13.9. The second-order valence-electron chi connectivity index (χ2n) is 11.8. The van der Waals surface area contributed by atoms with Crippen molar-refractivity contribution in [3.63, 3.8) is 0 Å². The van der Waals surface area contributed by atoms with Crippen molar-refractivity contribution in [2.75, 3.05) is 13.1 Å². The first-order valence-electron chi connectivity index (χ1n) is 13.5. The Hall–Kier alpha value is -3.90. The Balaban J connectivity index is 1.99. The van der Waals surface area contributed by atoms with Crippen molar-refractivity contribution < 1.29 is 41.7 Å². The third kappa shape index (κ3) is 9.06. The predicted octanol–water partition coefficient (Wildman–Crippen LogP) is 7.02. The van der Waals surface area contributed by atoms with Crippen LogP contribution in [0.15, 0.2) is 60.7 Å². The largest absolute Gasteiger partial charge is 0.445 e. The Morgan fingerprint density at radius 1 is 0.909 bits per heavy atom. The third-order valence-corrected chi connectivity index (χ3v) is 6.78. The normalized spacial score (nSPS) is 13.5. The van der Waals surface area contributed by atoms with Gasteiger partial charge in [0.05, 0.1) is 23.0 Å². The number of hydrogen-bond acceptors (Lipinski definition) is 6. The zero-order chi connectivity index (χ0) is 32.9. The maximum absolute atomic E-state index is 14.5. The number of pyridine rings is 1. The smallest absolute Gasteiger partial charge is 0.424 e. The topological polar surface area (TPSA) is 110 Å². The van der Waals surface area contributed by atoms with E-state index in [1.165, 1.54) is 39.0 Å². The van der Waals surface area contributed by atoms with Crippen molar-refractivity contribution in [1.29, 1.82) is 0 Å². The molecule has 238 valence electrons. The maximum atomic E-state index is 14.5. The van der Waals surface area contributed by atoms with Crippen LogP contribution in [0.4, 0.5) is 27.2 Å². The molecule has 8 nitrogen and oxygen atoms in total. The lowest BCUT2D eigenvalue weighted by Crippen LogP contribution is -2.52. The highest BCUT2D eigenvalue weighted by Crippen LogP contribution is 2.40. The van der Waals surface area contributed by atoms with Gasteiger partial charge in [0.15, 0.2) is 0 Å². The Morgan fingerprint density at radius 2 is 1.55 bits per heavy atom. The van der Waals surface area contributed by atoms with Crippen LogP contribution in [-0.4, -0.2) is 47.1 Å². The van der Waals surface area contributed by atoms with Gasteiger partial charge in [-0.2, -0.15) is 13.2 Å². The molecular formula is C31H34ClF4N3O5. The summed E-state index contributed by atoms with van der Waals surface area (Å²) in [6, 6.07) is 14.9. The quantitative estimate of drug-likeness (QED) is 0.217. The molecule has 1 heterocycles. The molecule has 1 unspecified atom stereocenters. The summed E-state index contributed by atoms with van der Waals surface area (Å²) in [6.07, 6.45) is -7.25. The number of rotatable bonds is 9. The highest BCUT2D eigenvalue weighted by Gasteiger charge is 2.57. The lowest BCUT2D eigenvalue weighted by Gasteiger charge is -2.33. The standard InChI is InChI=1S/C31H34ClF4N3O5/c1-28(2,3)44-27(41)38-18-30(42,31(34,35)36)25-15-21(14-24(39-25)20-11-12-23(33)22(32)13-20)29(4,5)17-37-26(40)43-16-19-9-7-6-8-10-19/h6-15,42H,16-18H2,1-5H3,(H,37,40)(H,38,41). The van der Waals surface area contributed by atoms with Crippen molar-refractivity contribution in [1.82, 2.24) is 15.6 Å². The van der Waals surface area contributed by atoms with E-state index in [2.05, 4.69) is 10.3 Å². The number of aliphatic hydroxyl groups is 1. The van der Waals surface area contributed by atoms with Crippen molar-refractivity contribution in [3.05, 3.63) is 88.3 Å². The van der Waals surface area contributed by atoms with Gasteiger partial charge < -0.3 is 25.2 Å². The predicted molar refractivity (Wildman–Crippen MR) is 156 cm³/mol. The molecule has 0 aliphatic rings. The van der Waals surface area contributed by atoms with Crippen LogP contribution in [0.2, 0.25) is 5.02 Å². The van der Waals surface area contributed by atoms with Crippen LogP contribution >= 0.6 is 11.6 Å². The summed E-state index contributed by atoms with van der Waals surface area (Å²) in [5, 5.41) is 15.4. The number of carbonyl (C=O) groups is 2. The minimum atomic E-state index is -5.31. The molecule has 44 heavy (non-hydrogen) atoms. The third-order valence-electron chi connectivity index (χ3n) is 6.49. The molecule has 2 amide bonds. The zero-order valence-electron chi connectivity index (χ0n) is 24.8. The highest BCUT2D eigenvalue weighted by atomic mass is 35.5. The molecule has 0 bridgehead atoms. The highest BCUT2D eigenvalue weighted by molar-refractivity contribution is 6.31. The van der Waals surface area contributed by atoms with Gasteiger partial charge in [0.1, 0.15) is 18.0 Å². The number of carbonyl (C=O) groups excluding carboxylic acids is 2. The Morgan fingerprint density at radius 3 is 2.14 bits per heavy atom. The van der Waals surface area contributed by atoms with Gasteiger partial charge >= 0.3 is 18.4 Å². The van der Waals surface area contributed by atoms with E-state index in [4.69, 9.17) is 21.1 Å². The lowest BCUT2D eigenvalue weighted by molar-refractivity contribution is -0.265. The summed E-state index contributed by atoms with van der Waals surface area (Å²) < 4.78 is 67.7. The lowest BCUT2D eigenvalue weighted by atomic mass is 9.82. The van der Waals surface area contributed by atoms with Gasteiger partial charge in [0.2, 0.25) is 5.60 Å². The van der Waals surface area contributed by atoms with Crippen LogP contribution < -0.4 is 10.6 Å². The number of nitrogens with zero attached hydrogens (tertiary/aromatic N) is 1. The van der Waals surface area contributed by atoms with Gasteiger partial charge in [-0.05, 0) is 62.2 Å². The molecule has 13 heteroatoms. The minimum Gasteiger partial charge on any atom is -0.445 e. The summed E-state index contributed by atoms with van der Waals surface area (Å²) in [6.45, 7) is 6.48. The van der Waals surface area contributed by atoms with Crippen molar-refractivity contribution in [2.24, 2.45) is 0 Å². The molecule has 1 aromatic heterocycles. The van der Waals surface area contributed by atoms with Gasteiger partial charge in [0, 0.05) is 17.5 Å². The van der Waals surface area contributed by atoms with Crippen LogP contribution in [0.5, 0.6) is 0 Å². The van der Waals surface area contributed by atoms with Crippen molar-refractivity contribution in [3.8, 4) is 11.3 Å². The van der Waals surface area contributed by atoms with E-state index in [1.807, 2.05) is 11.4 Å². The van der Waals surface area contributed by atoms with Crippen molar-refractivity contribution >= 4 is 23.8 Å². The zero-order valence-corrected chi connectivity index (χ0v) is 25.6. The molecule has 3 rings (SSSR count). The molecule has 2 aromatic carbocycles. The first kappa shape index (κ1) is 34.6. The Bertz CT molecular complexity index is 1480. The number of benzene rings is 2. The van der Waals surface area contributed by atoms with Gasteiger partial charge in [0.25, 0.3) is 0 Å². The van der Waals surface area contributed by atoms with E-state index in [-0.39, 0.29) is 35.0 Å². The number of aromatic nitrogens is 1. The number of alkyl halides is 3. The second kappa shape index (κ2) is 13.4. The minimum absolute atomic E-state index is 0.00520. The molecule has 0 saturated heterocycles. The molecule has 0 saturated carbocycles. The summed E-state index contributed by atoms with van der Waals surface area (Å²) >= 11 is 5.94. The van der Waals surface area contributed by atoms with Crippen molar-refractivity contribution in [2.45, 2.75) is 64.0 Å². The summed E-state index contributed by atoms with van der Waals surface area (Å²) in [5.74, 6) is -0.751. The fourth-order valence-electron chi connectivity index (χ4n) is 3.96.